The third-order valence-corrected chi connectivity index (χ3v) is 5.38. The van der Waals surface area contributed by atoms with Gasteiger partial charge < -0.3 is 9.88 Å². The number of amides is 1. The average molecular weight is 354 g/mol. The second-order valence-corrected chi connectivity index (χ2v) is 7.42. The summed E-state index contributed by atoms with van der Waals surface area (Å²) < 4.78 is 27.2. The number of likely N-dealkylation sites (tertiary alicyclic amines) is 1. The number of nitrogens with zero attached hydrogens (tertiary/aromatic N) is 1. The predicted molar refractivity (Wildman–Crippen MR) is 88.2 cm³/mol. The van der Waals surface area contributed by atoms with Crippen molar-refractivity contribution < 1.29 is 13.2 Å². The summed E-state index contributed by atoms with van der Waals surface area (Å²) in [5, 5.41) is 0.306. The number of H-pyrrole nitrogens is 1. The van der Waals surface area contributed by atoms with Crippen LogP contribution in [0.5, 0.6) is 0 Å². The minimum absolute atomic E-state index is 0.0000309. The number of nitrogens with one attached hydrogen (secondary N) is 2. The summed E-state index contributed by atoms with van der Waals surface area (Å²) in [6.07, 6.45) is 3.26. The van der Waals surface area contributed by atoms with E-state index >= 15 is 0 Å². The molecule has 0 spiro atoms. The molecule has 2 aromatic rings. The molecule has 1 aromatic heterocycles. The van der Waals surface area contributed by atoms with Crippen LogP contribution in [0.2, 0.25) is 5.02 Å². The second-order valence-electron chi connectivity index (χ2n) is 5.33. The summed E-state index contributed by atoms with van der Waals surface area (Å²) in [6, 6.07) is 7.91. The SMILES string of the molecule is O=C(c1cc(S(=O)(=O)Nc2ccccc2Cl)c[nH]1)N1CCCC1. The first kappa shape index (κ1) is 15.9. The molecule has 23 heavy (non-hydrogen) atoms. The van der Waals surface area contributed by atoms with Crippen LogP contribution in [0.25, 0.3) is 0 Å². The highest BCUT2D eigenvalue weighted by molar-refractivity contribution is 7.92. The van der Waals surface area contributed by atoms with Gasteiger partial charge in [0.15, 0.2) is 0 Å². The minimum Gasteiger partial charge on any atom is -0.356 e. The number of aromatic amines is 1. The van der Waals surface area contributed by atoms with Crippen LogP contribution in [0.15, 0.2) is 41.4 Å². The van der Waals surface area contributed by atoms with Gasteiger partial charge in [-0.1, -0.05) is 23.7 Å². The maximum Gasteiger partial charge on any atom is 0.270 e. The highest BCUT2D eigenvalue weighted by atomic mass is 35.5. The standard InChI is InChI=1S/C15H16ClN3O3S/c16-12-5-1-2-6-13(12)18-23(21,22)11-9-14(17-10-11)15(20)19-7-3-4-8-19/h1-2,5-6,9-10,17-18H,3-4,7-8H2. The quantitative estimate of drug-likeness (QED) is 0.886. The van der Waals surface area contributed by atoms with Crippen molar-refractivity contribution in [2.45, 2.75) is 17.7 Å². The number of benzene rings is 1. The van der Waals surface area contributed by atoms with Crippen LogP contribution in [-0.2, 0) is 10.0 Å². The van der Waals surface area contributed by atoms with Gasteiger partial charge in [0.1, 0.15) is 10.6 Å². The van der Waals surface area contributed by atoms with Crippen LogP contribution in [0.3, 0.4) is 0 Å². The second kappa shape index (κ2) is 6.25. The van der Waals surface area contributed by atoms with Crippen molar-refractivity contribution in [3.63, 3.8) is 0 Å². The van der Waals surface area contributed by atoms with Gasteiger partial charge in [0, 0.05) is 19.3 Å². The molecule has 1 saturated heterocycles. The van der Waals surface area contributed by atoms with Crippen LogP contribution in [0, 0.1) is 0 Å². The summed E-state index contributed by atoms with van der Waals surface area (Å²) in [7, 11) is -3.81. The van der Waals surface area contributed by atoms with E-state index in [1.54, 1.807) is 29.2 Å². The molecule has 0 saturated carbocycles. The number of carbonyl (C=O) groups is 1. The fourth-order valence-electron chi connectivity index (χ4n) is 2.49. The van der Waals surface area contributed by atoms with Gasteiger partial charge in [-0.05, 0) is 31.0 Å². The minimum atomic E-state index is -3.81. The summed E-state index contributed by atoms with van der Waals surface area (Å²) in [4.78, 5) is 16.7. The van der Waals surface area contributed by atoms with E-state index in [2.05, 4.69) is 9.71 Å². The number of carbonyl (C=O) groups excluding carboxylic acids is 1. The van der Waals surface area contributed by atoms with Gasteiger partial charge in [-0.3, -0.25) is 9.52 Å². The van der Waals surface area contributed by atoms with E-state index in [0.717, 1.165) is 12.8 Å². The Morgan fingerprint density at radius 3 is 2.61 bits per heavy atom. The number of sulfonamides is 1. The monoisotopic (exact) mass is 353 g/mol. The number of hydrogen-bond acceptors (Lipinski definition) is 3. The Balaban J connectivity index is 1.81. The molecule has 1 fully saturated rings. The van der Waals surface area contributed by atoms with E-state index in [1.807, 2.05) is 0 Å². The highest BCUT2D eigenvalue weighted by Gasteiger charge is 2.24. The van der Waals surface area contributed by atoms with E-state index in [9.17, 15) is 13.2 Å². The molecule has 3 rings (SSSR count). The third-order valence-electron chi connectivity index (χ3n) is 3.71. The first-order chi connectivity index (χ1) is 11.0. The molecule has 1 aliphatic heterocycles. The summed E-state index contributed by atoms with van der Waals surface area (Å²) in [6.45, 7) is 1.41. The lowest BCUT2D eigenvalue weighted by atomic mass is 10.3. The van der Waals surface area contributed by atoms with Crippen molar-refractivity contribution in [1.29, 1.82) is 0 Å². The molecule has 0 radical (unpaired) electrons. The van der Waals surface area contributed by atoms with Crippen LogP contribution in [0.1, 0.15) is 23.3 Å². The molecule has 122 valence electrons. The zero-order chi connectivity index (χ0) is 16.4. The normalized spacial score (nSPS) is 14.9. The Hall–Kier alpha value is -1.99. The van der Waals surface area contributed by atoms with E-state index < -0.39 is 10.0 Å². The zero-order valence-corrected chi connectivity index (χ0v) is 13.8. The van der Waals surface area contributed by atoms with Crippen molar-refractivity contribution in [2.75, 3.05) is 17.8 Å². The lowest BCUT2D eigenvalue weighted by molar-refractivity contribution is 0.0787. The Kier molecular flexibility index (Phi) is 4.32. The van der Waals surface area contributed by atoms with Crippen molar-refractivity contribution in [3.8, 4) is 0 Å². The van der Waals surface area contributed by atoms with Gasteiger partial charge in [-0.2, -0.15) is 0 Å². The largest absolute Gasteiger partial charge is 0.356 e. The molecule has 0 aliphatic carbocycles. The van der Waals surface area contributed by atoms with Crippen molar-refractivity contribution in [1.82, 2.24) is 9.88 Å². The molecule has 6 nitrogen and oxygen atoms in total. The number of para-hydroxylation sites is 1. The maximum absolute atomic E-state index is 12.4. The summed E-state index contributed by atoms with van der Waals surface area (Å²) in [5.41, 5.74) is 0.564. The topological polar surface area (TPSA) is 82.3 Å². The predicted octanol–water partition coefficient (Wildman–Crippen LogP) is 2.70. The molecule has 1 aliphatic rings. The molecule has 0 unspecified atom stereocenters. The first-order valence-electron chi connectivity index (χ1n) is 7.22. The molecule has 2 N–H and O–H groups in total. The van der Waals surface area contributed by atoms with Crippen molar-refractivity contribution >= 4 is 33.2 Å². The number of aromatic nitrogens is 1. The number of hydrogen-bond donors (Lipinski definition) is 2. The van der Waals surface area contributed by atoms with E-state index in [0.29, 0.717) is 23.8 Å². The lowest BCUT2D eigenvalue weighted by Gasteiger charge is -2.13. The highest BCUT2D eigenvalue weighted by Crippen LogP contribution is 2.24. The molecular weight excluding hydrogens is 338 g/mol. The number of rotatable bonds is 4. The summed E-state index contributed by atoms with van der Waals surface area (Å²) in [5.74, 6) is -0.179. The summed E-state index contributed by atoms with van der Waals surface area (Å²) >= 11 is 5.96. The molecule has 1 amide bonds. The van der Waals surface area contributed by atoms with Gasteiger partial charge in [0.2, 0.25) is 0 Å². The van der Waals surface area contributed by atoms with Gasteiger partial charge in [0.05, 0.1) is 10.7 Å². The van der Waals surface area contributed by atoms with E-state index in [1.165, 1.54) is 12.3 Å². The lowest BCUT2D eigenvalue weighted by Crippen LogP contribution is -2.27. The van der Waals surface area contributed by atoms with E-state index in [4.69, 9.17) is 11.6 Å². The van der Waals surface area contributed by atoms with Gasteiger partial charge in [0.25, 0.3) is 15.9 Å². The third kappa shape index (κ3) is 3.35. The number of halogens is 1. The Labute approximate surface area is 139 Å². The smallest absolute Gasteiger partial charge is 0.270 e. The molecule has 2 heterocycles. The fraction of sp³-hybridized carbons (Fsp3) is 0.267. The van der Waals surface area contributed by atoms with E-state index in [-0.39, 0.29) is 16.5 Å². The van der Waals surface area contributed by atoms with Gasteiger partial charge >= 0.3 is 0 Å². The Morgan fingerprint density at radius 1 is 1.22 bits per heavy atom. The average Bonchev–Trinajstić information content (AvgIpc) is 3.20. The van der Waals surface area contributed by atoms with Crippen LogP contribution in [-0.4, -0.2) is 37.3 Å². The van der Waals surface area contributed by atoms with Crippen molar-refractivity contribution in [3.05, 3.63) is 47.2 Å². The Bertz CT molecular complexity index is 826. The Morgan fingerprint density at radius 2 is 1.91 bits per heavy atom. The molecule has 0 atom stereocenters. The van der Waals surface area contributed by atoms with Crippen molar-refractivity contribution in [2.24, 2.45) is 0 Å². The number of anilines is 1. The van der Waals surface area contributed by atoms with Gasteiger partial charge in [-0.15, -0.1) is 0 Å². The van der Waals surface area contributed by atoms with Gasteiger partial charge in [-0.25, -0.2) is 8.42 Å². The van der Waals surface area contributed by atoms with Crippen LogP contribution in [0.4, 0.5) is 5.69 Å². The first-order valence-corrected chi connectivity index (χ1v) is 9.08. The zero-order valence-electron chi connectivity index (χ0n) is 12.3. The molecule has 0 bridgehead atoms. The molecular formula is C15H16ClN3O3S. The van der Waals surface area contributed by atoms with Crippen LogP contribution < -0.4 is 4.72 Å². The molecule has 8 heteroatoms. The maximum atomic E-state index is 12.4. The van der Waals surface area contributed by atoms with Crippen LogP contribution >= 0.6 is 11.6 Å². The fourth-order valence-corrected chi connectivity index (χ4v) is 3.80. The molecule has 1 aromatic carbocycles.